The SMILES string of the molecule is COc1ccc(O)c2c(C=O)csc12. The van der Waals surface area contributed by atoms with Crippen LogP contribution >= 0.6 is 11.3 Å². The Labute approximate surface area is 84.6 Å². The number of ether oxygens (including phenoxy) is 1. The van der Waals surface area contributed by atoms with Crippen molar-refractivity contribution in [2.45, 2.75) is 0 Å². The summed E-state index contributed by atoms with van der Waals surface area (Å²) in [6.45, 7) is 0. The van der Waals surface area contributed by atoms with Gasteiger partial charge in [-0.25, -0.2) is 0 Å². The zero-order valence-electron chi connectivity index (χ0n) is 7.48. The van der Waals surface area contributed by atoms with Gasteiger partial charge in [-0.3, -0.25) is 4.79 Å². The number of phenols is 1. The van der Waals surface area contributed by atoms with Crippen molar-refractivity contribution in [3.05, 3.63) is 23.1 Å². The maximum Gasteiger partial charge on any atom is 0.151 e. The molecule has 0 atom stereocenters. The fourth-order valence-electron chi connectivity index (χ4n) is 1.38. The quantitative estimate of drug-likeness (QED) is 0.771. The fraction of sp³-hybridized carbons (Fsp3) is 0.100. The number of aromatic hydroxyl groups is 1. The Morgan fingerprint density at radius 2 is 2.29 bits per heavy atom. The lowest BCUT2D eigenvalue weighted by Crippen LogP contribution is -1.83. The number of carbonyl (C=O) groups excluding carboxylic acids is 1. The van der Waals surface area contributed by atoms with Gasteiger partial charge in [-0.2, -0.15) is 0 Å². The lowest BCUT2D eigenvalue weighted by Gasteiger charge is -2.02. The van der Waals surface area contributed by atoms with Crippen molar-refractivity contribution in [2.24, 2.45) is 0 Å². The number of hydrogen-bond acceptors (Lipinski definition) is 4. The van der Waals surface area contributed by atoms with Crippen molar-refractivity contribution < 1.29 is 14.6 Å². The molecule has 14 heavy (non-hydrogen) atoms. The van der Waals surface area contributed by atoms with Crippen LogP contribution in [0.25, 0.3) is 10.1 Å². The number of methoxy groups -OCH3 is 1. The van der Waals surface area contributed by atoms with Crippen LogP contribution in [-0.2, 0) is 0 Å². The van der Waals surface area contributed by atoms with E-state index in [1.807, 2.05) is 0 Å². The maximum atomic E-state index is 10.7. The summed E-state index contributed by atoms with van der Waals surface area (Å²) < 4.78 is 5.92. The monoisotopic (exact) mass is 208 g/mol. The number of benzene rings is 1. The molecule has 72 valence electrons. The normalized spacial score (nSPS) is 10.4. The molecular formula is C10H8O3S. The molecule has 2 aromatic rings. The van der Waals surface area contributed by atoms with Crippen LogP contribution in [0.2, 0.25) is 0 Å². The van der Waals surface area contributed by atoms with Gasteiger partial charge in [-0.15, -0.1) is 11.3 Å². The minimum absolute atomic E-state index is 0.115. The summed E-state index contributed by atoms with van der Waals surface area (Å²) in [4.78, 5) is 10.7. The van der Waals surface area contributed by atoms with Crippen molar-refractivity contribution >= 4 is 27.7 Å². The number of aldehydes is 1. The Bertz CT molecular complexity index is 487. The molecule has 3 nitrogen and oxygen atoms in total. The van der Waals surface area contributed by atoms with Crippen LogP contribution in [0.3, 0.4) is 0 Å². The molecule has 0 aliphatic rings. The first-order valence-corrected chi connectivity index (χ1v) is 4.88. The smallest absolute Gasteiger partial charge is 0.151 e. The molecule has 0 bridgehead atoms. The molecule has 0 fully saturated rings. The lowest BCUT2D eigenvalue weighted by atomic mass is 10.1. The third-order valence-corrected chi connectivity index (χ3v) is 3.05. The Kier molecular flexibility index (Phi) is 2.13. The molecule has 1 aromatic heterocycles. The van der Waals surface area contributed by atoms with Gasteiger partial charge in [0.2, 0.25) is 0 Å². The first kappa shape index (κ1) is 9.02. The van der Waals surface area contributed by atoms with E-state index >= 15 is 0 Å². The summed E-state index contributed by atoms with van der Waals surface area (Å²) >= 11 is 1.39. The minimum atomic E-state index is 0.115. The van der Waals surface area contributed by atoms with E-state index in [-0.39, 0.29) is 5.75 Å². The van der Waals surface area contributed by atoms with E-state index in [9.17, 15) is 9.90 Å². The van der Waals surface area contributed by atoms with E-state index in [4.69, 9.17) is 4.74 Å². The van der Waals surface area contributed by atoms with Crippen molar-refractivity contribution in [1.29, 1.82) is 0 Å². The zero-order chi connectivity index (χ0) is 10.1. The highest BCUT2D eigenvalue weighted by atomic mass is 32.1. The van der Waals surface area contributed by atoms with Crippen LogP contribution in [0.1, 0.15) is 10.4 Å². The Hall–Kier alpha value is -1.55. The number of rotatable bonds is 2. The third-order valence-electron chi connectivity index (χ3n) is 2.04. The molecule has 0 saturated carbocycles. The van der Waals surface area contributed by atoms with Gasteiger partial charge in [-0.05, 0) is 12.1 Å². The van der Waals surface area contributed by atoms with Gasteiger partial charge in [0, 0.05) is 16.3 Å². The first-order valence-electron chi connectivity index (χ1n) is 4.00. The number of fused-ring (bicyclic) bond motifs is 1. The van der Waals surface area contributed by atoms with Gasteiger partial charge < -0.3 is 9.84 Å². The highest BCUT2D eigenvalue weighted by Gasteiger charge is 2.11. The molecule has 0 spiro atoms. The summed E-state index contributed by atoms with van der Waals surface area (Å²) in [5.74, 6) is 0.792. The Morgan fingerprint density at radius 3 is 2.93 bits per heavy atom. The second-order valence-corrected chi connectivity index (χ2v) is 3.68. The molecule has 2 rings (SSSR count). The largest absolute Gasteiger partial charge is 0.507 e. The van der Waals surface area contributed by atoms with Crippen molar-refractivity contribution in [1.82, 2.24) is 0 Å². The molecule has 1 heterocycles. The van der Waals surface area contributed by atoms with E-state index in [1.165, 1.54) is 17.4 Å². The molecule has 0 aliphatic heterocycles. The van der Waals surface area contributed by atoms with Crippen LogP contribution in [-0.4, -0.2) is 18.5 Å². The van der Waals surface area contributed by atoms with E-state index in [1.54, 1.807) is 18.6 Å². The number of carbonyl (C=O) groups is 1. The van der Waals surface area contributed by atoms with Gasteiger partial charge >= 0.3 is 0 Å². The molecule has 1 aromatic carbocycles. The predicted octanol–water partition coefficient (Wildman–Crippen LogP) is 2.43. The summed E-state index contributed by atoms with van der Waals surface area (Å²) in [7, 11) is 1.56. The van der Waals surface area contributed by atoms with Crippen LogP contribution in [0.4, 0.5) is 0 Å². The van der Waals surface area contributed by atoms with Gasteiger partial charge in [0.05, 0.1) is 11.8 Å². The van der Waals surface area contributed by atoms with Gasteiger partial charge in [0.15, 0.2) is 6.29 Å². The van der Waals surface area contributed by atoms with Crippen molar-refractivity contribution in [3.63, 3.8) is 0 Å². The average Bonchev–Trinajstić information content (AvgIpc) is 2.63. The topological polar surface area (TPSA) is 46.5 Å². The standard InChI is InChI=1S/C10H8O3S/c1-13-8-3-2-7(12)9-6(4-11)5-14-10(8)9/h2-5,12H,1H3. The van der Waals surface area contributed by atoms with E-state index in [0.717, 1.165) is 11.0 Å². The molecule has 0 amide bonds. The van der Waals surface area contributed by atoms with Crippen LogP contribution < -0.4 is 4.74 Å². The number of thiophene rings is 1. The fourth-order valence-corrected chi connectivity index (χ4v) is 2.40. The summed E-state index contributed by atoms with van der Waals surface area (Å²) in [5, 5.41) is 11.9. The highest BCUT2D eigenvalue weighted by molar-refractivity contribution is 7.18. The summed E-state index contributed by atoms with van der Waals surface area (Å²) in [5.41, 5.74) is 0.501. The second kappa shape index (κ2) is 3.31. The summed E-state index contributed by atoms with van der Waals surface area (Å²) in [6.07, 6.45) is 0.734. The molecule has 0 saturated heterocycles. The third kappa shape index (κ3) is 1.15. The van der Waals surface area contributed by atoms with Crippen LogP contribution in [0.5, 0.6) is 11.5 Å². The van der Waals surface area contributed by atoms with Gasteiger partial charge in [0.1, 0.15) is 11.5 Å². The van der Waals surface area contributed by atoms with Gasteiger partial charge in [-0.1, -0.05) is 0 Å². The first-order chi connectivity index (χ1) is 6.77. The molecule has 4 heteroatoms. The van der Waals surface area contributed by atoms with E-state index in [0.29, 0.717) is 16.7 Å². The van der Waals surface area contributed by atoms with Crippen LogP contribution in [0, 0.1) is 0 Å². The number of hydrogen-bond donors (Lipinski definition) is 1. The maximum absolute atomic E-state index is 10.7. The molecule has 0 aliphatic carbocycles. The molecule has 1 N–H and O–H groups in total. The Morgan fingerprint density at radius 1 is 1.50 bits per heavy atom. The summed E-state index contributed by atoms with van der Waals surface area (Å²) in [6, 6.07) is 3.21. The molecule has 0 unspecified atom stereocenters. The van der Waals surface area contributed by atoms with E-state index < -0.39 is 0 Å². The zero-order valence-corrected chi connectivity index (χ0v) is 8.30. The van der Waals surface area contributed by atoms with Crippen molar-refractivity contribution in [3.8, 4) is 11.5 Å². The molecule has 0 radical (unpaired) electrons. The number of phenolic OH excluding ortho intramolecular Hbond substituents is 1. The second-order valence-electron chi connectivity index (χ2n) is 2.80. The lowest BCUT2D eigenvalue weighted by molar-refractivity contribution is 0.112. The molecular weight excluding hydrogens is 200 g/mol. The predicted molar refractivity (Wildman–Crippen MR) is 55.4 cm³/mol. The Balaban J connectivity index is 2.86. The van der Waals surface area contributed by atoms with Crippen molar-refractivity contribution in [2.75, 3.05) is 7.11 Å². The van der Waals surface area contributed by atoms with E-state index in [2.05, 4.69) is 0 Å². The van der Waals surface area contributed by atoms with Crippen LogP contribution in [0.15, 0.2) is 17.5 Å². The average molecular weight is 208 g/mol. The van der Waals surface area contributed by atoms with Gasteiger partial charge in [0.25, 0.3) is 0 Å². The minimum Gasteiger partial charge on any atom is -0.507 e. The highest BCUT2D eigenvalue weighted by Crippen LogP contribution is 2.38.